The van der Waals surface area contributed by atoms with Crippen molar-refractivity contribution in [2.45, 2.75) is 24.8 Å². The average Bonchev–Trinajstić information content (AvgIpc) is 2.23. The van der Waals surface area contributed by atoms with Gasteiger partial charge in [0.05, 0.1) is 0 Å². The molecule has 1 saturated carbocycles. The molecule has 0 N–H and O–H groups in total. The number of allylic oxidation sites excluding steroid dienone is 2. The lowest BCUT2D eigenvalue weighted by Crippen LogP contribution is -1.99. The smallest absolute Gasteiger partial charge is 0.0274 e. The molecule has 1 heteroatoms. The maximum absolute atomic E-state index is 3.70. The van der Waals surface area contributed by atoms with Crippen molar-refractivity contribution in [3.05, 3.63) is 11.6 Å². The Bertz CT molecular complexity index is 137. The number of rotatable bonds is 0. The van der Waals surface area contributed by atoms with E-state index in [2.05, 4.69) is 16.3 Å². The van der Waals surface area contributed by atoms with Crippen LogP contribution in [0.3, 0.4) is 0 Å². The van der Waals surface area contributed by atoms with E-state index in [1.807, 2.05) is 0 Å². The van der Waals surface area contributed by atoms with Gasteiger partial charge < -0.3 is 0 Å². The predicted octanol–water partition coefficient (Wildman–Crippen LogP) is 1.68. The van der Waals surface area contributed by atoms with Gasteiger partial charge in [-0.2, -0.15) is 0 Å². The summed E-state index contributed by atoms with van der Waals surface area (Å²) in [5, 5.41) is 0. The Morgan fingerprint density at radius 2 is 2.38 bits per heavy atom. The molecule has 2 aliphatic rings. The van der Waals surface area contributed by atoms with E-state index in [9.17, 15) is 0 Å². The minimum atomic E-state index is 0.815. The Kier molecular flexibility index (Phi) is 0.882. The second kappa shape index (κ2) is 1.47. The molecule has 0 spiro atoms. The minimum absolute atomic E-state index is 0.815. The second-order valence-electron chi connectivity index (χ2n) is 2.87. The average molecular weight is 121 g/mol. The lowest BCUT2D eigenvalue weighted by Gasteiger charge is -2.11. The first-order valence-corrected chi connectivity index (χ1v) is 3.83. The van der Waals surface area contributed by atoms with Crippen LogP contribution in [0.15, 0.2) is 11.6 Å². The van der Waals surface area contributed by atoms with Crippen molar-refractivity contribution in [1.82, 2.24) is 0 Å². The zero-order valence-corrected chi connectivity index (χ0v) is 5.85. The summed E-state index contributed by atoms with van der Waals surface area (Å²) in [7, 11) is 3.70. The van der Waals surface area contributed by atoms with Crippen LogP contribution in [0.2, 0.25) is 5.54 Å². The number of hydrogen-bond donors (Lipinski definition) is 0. The van der Waals surface area contributed by atoms with Crippen LogP contribution in [-0.2, 0) is 0 Å². The fourth-order valence-electron chi connectivity index (χ4n) is 1.74. The minimum Gasteiger partial charge on any atom is -0.0850 e. The van der Waals surface area contributed by atoms with E-state index < -0.39 is 0 Å². The zero-order chi connectivity index (χ0) is 5.56. The zero-order valence-electron chi connectivity index (χ0n) is 4.85. The van der Waals surface area contributed by atoms with Crippen LogP contribution in [0.5, 0.6) is 0 Å². The molecule has 2 bridgehead atoms. The maximum Gasteiger partial charge on any atom is 0.0274 e. The topological polar surface area (TPSA) is 0 Å². The Morgan fingerprint density at radius 1 is 1.50 bits per heavy atom. The van der Waals surface area contributed by atoms with Crippen molar-refractivity contribution in [2.75, 3.05) is 0 Å². The van der Waals surface area contributed by atoms with Crippen LogP contribution in [0.25, 0.3) is 0 Å². The third-order valence-corrected chi connectivity index (χ3v) is 2.96. The van der Waals surface area contributed by atoms with Crippen LogP contribution in [0.1, 0.15) is 19.3 Å². The molecule has 0 aliphatic heterocycles. The van der Waals surface area contributed by atoms with Gasteiger partial charge in [0.25, 0.3) is 0 Å². The molecule has 2 atom stereocenters. The summed E-state index contributed by atoms with van der Waals surface area (Å²) in [4.78, 5) is 0. The summed E-state index contributed by atoms with van der Waals surface area (Å²) in [5.41, 5.74) is 2.50. The van der Waals surface area contributed by atoms with E-state index >= 15 is 0 Å². The molecule has 8 heavy (non-hydrogen) atoms. The Labute approximate surface area is 53.4 Å². The molecule has 0 saturated heterocycles. The molecule has 0 aromatic carbocycles. The Morgan fingerprint density at radius 3 is 2.62 bits per heavy atom. The Balaban J connectivity index is 2.25. The normalized spacial score (nSPS) is 42.9. The van der Waals surface area contributed by atoms with Crippen LogP contribution in [0, 0.1) is 5.92 Å². The quantitative estimate of drug-likeness (QED) is 0.338. The van der Waals surface area contributed by atoms with E-state index in [1.54, 1.807) is 5.57 Å². The molecule has 2 rings (SSSR count). The standard InChI is InChI=1S/C7H9Si/c8-7-4-5-1-2-6(7)3-5/h1,6-7H,2-4H2. The monoisotopic (exact) mass is 121 g/mol. The molecule has 1 fully saturated rings. The first kappa shape index (κ1) is 4.80. The Hall–Kier alpha value is -0.0431. The largest absolute Gasteiger partial charge is 0.0850 e. The fraction of sp³-hybridized carbons (Fsp3) is 0.714. The summed E-state index contributed by atoms with van der Waals surface area (Å²) in [6.45, 7) is 0. The summed E-state index contributed by atoms with van der Waals surface area (Å²) in [6, 6.07) is 0. The highest BCUT2D eigenvalue weighted by Crippen LogP contribution is 2.45. The van der Waals surface area contributed by atoms with E-state index in [1.165, 1.54) is 19.3 Å². The highest BCUT2D eigenvalue weighted by atomic mass is 28.1. The fourth-order valence-corrected chi connectivity index (χ4v) is 2.26. The van der Waals surface area contributed by atoms with Gasteiger partial charge in [-0.3, -0.25) is 0 Å². The third kappa shape index (κ3) is 0.509. The molecular weight excluding hydrogens is 112 g/mol. The summed E-state index contributed by atoms with van der Waals surface area (Å²) in [5.74, 6) is 0.960. The van der Waals surface area contributed by atoms with Gasteiger partial charge in [0, 0.05) is 10.2 Å². The van der Waals surface area contributed by atoms with Crippen molar-refractivity contribution >= 4 is 10.2 Å². The van der Waals surface area contributed by atoms with Crippen LogP contribution in [0.4, 0.5) is 0 Å². The van der Waals surface area contributed by atoms with Gasteiger partial charge >= 0.3 is 0 Å². The van der Waals surface area contributed by atoms with Gasteiger partial charge in [0.2, 0.25) is 0 Å². The van der Waals surface area contributed by atoms with Gasteiger partial charge in [-0.15, -0.1) is 0 Å². The van der Waals surface area contributed by atoms with E-state index in [4.69, 9.17) is 0 Å². The van der Waals surface area contributed by atoms with Crippen molar-refractivity contribution in [3.63, 3.8) is 0 Å². The molecular formula is C7H9Si. The molecule has 3 radical (unpaired) electrons. The molecule has 0 amide bonds. The van der Waals surface area contributed by atoms with E-state index in [0.717, 1.165) is 11.5 Å². The highest BCUT2D eigenvalue weighted by Gasteiger charge is 2.30. The number of hydrogen-bond acceptors (Lipinski definition) is 0. The summed E-state index contributed by atoms with van der Waals surface area (Å²) >= 11 is 0. The van der Waals surface area contributed by atoms with Gasteiger partial charge in [-0.1, -0.05) is 11.6 Å². The lowest BCUT2D eigenvalue weighted by molar-refractivity contribution is 0.575. The van der Waals surface area contributed by atoms with Crippen molar-refractivity contribution in [3.8, 4) is 0 Å². The molecule has 41 valence electrons. The van der Waals surface area contributed by atoms with E-state index in [-0.39, 0.29) is 0 Å². The first-order chi connectivity index (χ1) is 3.86. The van der Waals surface area contributed by atoms with Gasteiger partial charge in [0.1, 0.15) is 0 Å². The van der Waals surface area contributed by atoms with Gasteiger partial charge in [0.15, 0.2) is 0 Å². The maximum atomic E-state index is 3.70. The van der Waals surface area contributed by atoms with Crippen molar-refractivity contribution < 1.29 is 0 Å². The molecule has 0 aromatic heterocycles. The van der Waals surface area contributed by atoms with E-state index in [0.29, 0.717) is 0 Å². The molecule has 0 nitrogen and oxygen atoms in total. The van der Waals surface area contributed by atoms with Gasteiger partial charge in [-0.25, -0.2) is 0 Å². The first-order valence-electron chi connectivity index (χ1n) is 3.25. The highest BCUT2D eigenvalue weighted by molar-refractivity contribution is 6.12. The summed E-state index contributed by atoms with van der Waals surface area (Å²) in [6.07, 6.45) is 6.44. The second-order valence-corrected chi connectivity index (χ2v) is 3.61. The molecule has 0 aromatic rings. The molecule has 0 heterocycles. The molecule has 2 unspecified atom stereocenters. The third-order valence-electron chi connectivity index (χ3n) is 2.28. The summed E-state index contributed by atoms with van der Waals surface area (Å²) < 4.78 is 0. The molecule has 2 aliphatic carbocycles. The number of fused-ring (bicyclic) bond motifs is 2. The predicted molar refractivity (Wildman–Crippen MR) is 34.9 cm³/mol. The van der Waals surface area contributed by atoms with Crippen LogP contribution < -0.4 is 0 Å². The SMILES string of the molecule is [Si]C1CC2=CCC1C2. The van der Waals surface area contributed by atoms with Crippen molar-refractivity contribution in [1.29, 1.82) is 0 Å². The van der Waals surface area contributed by atoms with Gasteiger partial charge in [-0.05, 0) is 30.7 Å². The van der Waals surface area contributed by atoms with Crippen LogP contribution >= 0.6 is 0 Å². The van der Waals surface area contributed by atoms with Crippen molar-refractivity contribution in [2.24, 2.45) is 5.92 Å². The lowest BCUT2D eigenvalue weighted by atomic mass is 10.1. The van der Waals surface area contributed by atoms with Crippen LogP contribution in [-0.4, -0.2) is 10.2 Å².